The maximum absolute atomic E-state index is 6.10. The summed E-state index contributed by atoms with van der Waals surface area (Å²) in [7, 11) is 0. The summed E-state index contributed by atoms with van der Waals surface area (Å²) in [4.78, 5) is 2.40. The van der Waals surface area contributed by atoms with Gasteiger partial charge < -0.3 is 9.64 Å². The third-order valence-electron chi connectivity index (χ3n) is 7.50. The van der Waals surface area contributed by atoms with Crippen LogP contribution in [-0.2, 0) is 0 Å². The molecule has 174 valence electrons. The number of hydrogen-bond acceptors (Lipinski definition) is 2. The van der Waals surface area contributed by atoms with Crippen molar-refractivity contribution in [2.24, 2.45) is 0 Å². The average Bonchev–Trinajstić information content (AvgIpc) is 2.87. The Bertz CT molecular complexity index is 933. The van der Waals surface area contributed by atoms with E-state index in [0.29, 0.717) is 17.8 Å². The Morgan fingerprint density at radius 2 is 1.27 bits per heavy atom. The highest BCUT2D eigenvalue weighted by Gasteiger charge is 2.32. The standard InChI is InChI=1S/C31H39NO/c1-4-32(5-2)18-19-33-30-16-17-31(24(3)20-30)29-22-27(25-12-8-6-9-13-25)21-28(23-29)26-14-10-7-11-15-26/h6-17,20,27-29H,4-5,18-19,21-23H2,1-3H3. The van der Waals surface area contributed by atoms with Crippen LogP contribution in [0.5, 0.6) is 5.75 Å². The van der Waals surface area contributed by atoms with Crippen molar-refractivity contribution in [3.05, 3.63) is 101 Å². The fourth-order valence-electron chi connectivity index (χ4n) is 5.60. The van der Waals surface area contributed by atoms with Gasteiger partial charge in [0.05, 0.1) is 0 Å². The first kappa shape index (κ1) is 23.6. The van der Waals surface area contributed by atoms with Gasteiger partial charge in [-0.2, -0.15) is 0 Å². The van der Waals surface area contributed by atoms with Crippen LogP contribution in [-0.4, -0.2) is 31.1 Å². The van der Waals surface area contributed by atoms with Crippen LogP contribution >= 0.6 is 0 Å². The first-order valence-corrected chi connectivity index (χ1v) is 12.7. The maximum atomic E-state index is 6.10. The van der Waals surface area contributed by atoms with E-state index in [1.54, 1.807) is 0 Å². The molecule has 0 N–H and O–H groups in total. The second-order valence-electron chi connectivity index (χ2n) is 9.51. The van der Waals surface area contributed by atoms with Gasteiger partial charge in [0, 0.05) is 6.54 Å². The molecule has 0 bridgehead atoms. The van der Waals surface area contributed by atoms with E-state index in [-0.39, 0.29) is 0 Å². The minimum absolute atomic E-state index is 0.568. The summed E-state index contributed by atoms with van der Waals surface area (Å²) < 4.78 is 6.10. The fourth-order valence-corrected chi connectivity index (χ4v) is 5.60. The van der Waals surface area contributed by atoms with Crippen LogP contribution in [0, 0.1) is 6.92 Å². The largest absolute Gasteiger partial charge is 0.492 e. The molecule has 33 heavy (non-hydrogen) atoms. The molecule has 1 aliphatic rings. The Hall–Kier alpha value is -2.58. The van der Waals surface area contributed by atoms with Crippen LogP contribution < -0.4 is 4.74 Å². The summed E-state index contributed by atoms with van der Waals surface area (Å²) in [5.41, 5.74) is 5.82. The lowest BCUT2D eigenvalue weighted by Gasteiger charge is -2.36. The Labute approximate surface area is 200 Å². The lowest BCUT2D eigenvalue weighted by Crippen LogP contribution is -2.27. The number of likely N-dealkylation sites (N-methyl/N-ethyl adjacent to an activating group) is 1. The van der Waals surface area contributed by atoms with Crippen LogP contribution in [0.2, 0.25) is 0 Å². The summed E-state index contributed by atoms with van der Waals surface area (Å²) in [5, 5.41) is 0. The molecule has 0 amide bonds. The molecular weight excluding hydrogens is 402 g/mol. The number of benzene rings is 3. The molecule has 2 atom stereocenters. The minimum Gasteiger partial charge on any atom is -0.492 e. The normalized spacial score (nSPS) is 20.7. The van der Waals surface area contributed by atoms with E-state index >= 15 is 0 Å². The number of hydrogen-bond donors (Lipinski definition) is 0. The van der Waals surface area contributed by atoms with Gasteiger partial charge in [0.2, 0.25) is 0 Å². The molecule has 0 aliphatic heterocycles. The third-order valence-corrected chi connectivity index (χ3v) is 7.50. The van der Waals surface area contributed by atoms with E-state index in [9.17, 15) is 0 Å². The molecular formula is C31H39NO. The third kappa shape index (κ3) is 6.06. The van der Waals surface area contributed by atoms with Gasteiger partial charge in [-0.1, -0.05) is 80.6 Å². The van der Waals surface area contributed by atoms with Crippen molar-refractivity contribution < 1.29 is 4.74 Å². The van der Waals surface area contributed by atoms with Gasteiger partial charge in [-0.15, -0.1) is 0 Å². The van der Waals surface area contributed by atoms with Crippen molar-refractivity contribution in [3.63, 3.8) is 0 Å². The number of aryl methyl sites for hydroxylation is 1. The molecule has 2 unspecified atom stereocenters. The Morgan fingerprint density at radius 3 is 1.79 bits per heavy atom. The molecule has 0 heterocycles. The topological polar surface area (TPSA) is 12.5 Å². The molecule has 3 aromatic carbocycles. The van der Waals surface area contributed by atoms with Crippen molar-refractivity contribution in [1.82, 2.24) is 4.90 Å². The average molecular weight is 442 g/mol. The molecule has 1 saturated carbocycles. The molecule has 4 rings (SSSR count). The van der Waals surface area contributed by atoms with Crippen molar-refractivity contribution in [2.75, 3.05) is 26.2 Å². The quantitative estimate of drug-likeness (QED) is 0.340. The predicted molar refractivity (Wildman–Crippen MR) is 139 cm³/mol. The molecule has 0 spiro atoms. The van der Waals surface area contributed by atoms with Gasteiger partial charge in [0.25, 0.3) is 0 Å². The second kappa shape index (κ2) is 11.5. The summed E-state index contributed by atoms with van der Waals surface area (Å²) in [5.74, 6) is 2.76. The maximum Gasteiger partial charge on any atom is 0.119 e. The van der Waals surface area contributed by atoms with Gasteiger partial charge in [0.15, 0.2) is 0 Å². The second-order valence-corrected chi connectivity index (χ2v) is 9.51. The zero-order valence-electron chi connectivity index (χ0n) is 20.5. The summed E-state index contributed by atoms with van der Waals surface area (Å²) in [6.07, 6.45) is 3.67. The van der Waals surface area contributed by atoms with E-state index in [2.05, 4.69) is 105 Å². The van der Waals surface area contributed by atoms with Crippen LogP contribution in [0.25, 0.3) is 0 Å². The zero-order valence-corrected chi connectivity index (χ0v) is 20.5. The first-order valence-electron chi connectivity index (χ1n) is 12.7. The summed E-state index contributed by atoms with van der Waals surface area (Å²) >= 11 is 0. The molecule has 1 fully saturated rings. The van der Waals surface area contributed by atoms with Gasteiger partial charge in [0.1, 0.15) is 12.4 Å². The summed E-state index contributed by atoms with van der Waals surface area (Å²) in [6, 6.07) is 29.0. The molecule has 2 heteroatoms. The van der Waals surface area contributed by atoms with Crippen LogP contribution in [0.1, 0.15) is 73.1 Å². The van der Waals surface area contributed by atoms with E-state index in [4.69, 9.17) is 4.74 Å². The molecule has 2 nitrogen and oxygen atoms in total. The molecule has 3 aromatic rings. The Morgan fingerprint density at radius 1 is 0.727 bits per heavy atom. The SMILES string of the molecule is CCN(CC)CCOc1ccc(C2CC(c3ccccc3)CC(c3ccccc3)C2)c(C)c1. The van der Waals surface area contributed by atoms with E-state index < -0.39 is 0 Å². The van der Waals surface area contributed by atoms with Crippen molar-refractivity contribution in [1.29, 1.82) is 0 Å². The lowest BCUT2D eigenvalue weighted by molar-refractivity contribution is 0.222. The highest BCUT2D eigenvalue weighted by atomic mass is 16.5. The van der Waals surface area contributed by atoms with Gasteiger partial charge in [-0.05, 0) is 91.4 Å². The molecule has 0 aromatic heterocycles. The van der Waals surface area contributed by atoms with E-state index in [1.165, 1.54) is 41.5 Å². The van der Waals surface area contributed by atoms with Crippen molar-refractivity contribution in [2.45, 2.75) is 57.8 Å². The first-order chi connectivity index (χ1) is 16.2. The number of ether oxygens (including phenoxy) is 1. The Kier molecular flexibility index (Phi) is 8.23. The Balaban J connectivity index is 1.52. The highest BCUT2D eigenvalue weighted by molar-refractivity contribution is 5.39. The highest BCUT2D eigenvalue weighted by Crippen LogP contribution is 2.48. The monoisotopic (exact) mass is 441 g/mol. The smallest absolute Gasteiger partial charge is 0.119 e. The van der Waals surface area contributed by atoms with Crippen LogP contribution in [0.4, 0.5) is 0 Å². The summed E-state index contributed by atoms with van der Waals surface area (Å²) in [6.45, 7) is 10.5. The zero-order chi connectivity index (χ0) is 23.0. The van der Waals surface area contributed by atoms with Gasteiger partial charge in [-0.25, -0.2) is 0 Å². The van der Waals surface area contributed by atoms with E-state index in [1.807, 2.05) is 0 Å². The van der Waals surface area contributed by atoms with Crippen molar-refractivity contribution >= 4 is 0 Å². The minimum atomic E-state index is 0.568. The van der Waals surface area contributed by atoms with Gasteiger partial charge >= 0.3 is 0 Å². The van der Waals surface area contributed by atoms with E-state index in [0.717, 1.165) is 32.0 Å². The molecule has 1 aliphatic carbocycles. The van der Waals surface area contributed by atoms with Gasteiger partial charge in [-0.3, -0.25) is 0 Å². The molecule has 0 saturated heterocycles. The lowest BCUT2D eigenvalue weighted by atomic mass is 9.68. The number of rotatable bonds is 9. The van der Waals surface area contributed by atoms with Crippen LogP contribution in [0.15, 0.2) is 78.9 Å². The van der Waals surface area contributed by atoms with Crippen molar-refractivity contribution in [3.8, 4) is 5.75 Å². The number of nitrogens with zero attached hydrogens (tertiary/aromatic N) is 1. The van der Waals surface area contributed by atoms with Crippen LogP contribution in [0.3, 0.4) is 0 Å². The fraction of sp³-hybridized carbons (Fsp3) is 0.419. The molecule has 0 radical (unpaired) electrons. The predicted octanol–water partition coefficient (Wildman–Crippen LogP) is 7.55.